The maximum absolute atomic E-state index is 10.0. The Balaban J connectivity index is 2.48. The Bertz CT molecular complexity index is 163. The summed E-state index contributed by atoms with van der Waals surface area (Å²) in [6.07, 6.45) is 10.1. The van der Waals surface area contributed by atoms with E-state index in [1.807, 2.05) is 0 Å². The van der Waals surface area contributed by atoms with Crippen LogP contribution in [0.25, 0.3) is 0 Å². The van der Waals surface area contributed by atoms with Gasteiger partial charge in [0, 0.05) is 5.92 Å². The molecule has 0 heterocycles. The van der Waals surface area contributed by atoms with E-state index >= 15 is 0 Å². The molecule has 3 unspecified atom stereocenters. The van der Waals surface area contributed by atoms with Gasteiger partial charge in [0.2, 0.25) is 0 Å². The Kier molecular flexibility index (Phi) is 4.51. The molecule has 0 saturated heterocycles. The van der Waals surface area contributed by atoms with Crippen LogP contribution >= 0.6 is 0 Å². The van der Waals surface area contributed by atoms with E-state index in [-0.39, 0.29) is 6.10 Å². The Morgan fingerprint density at radius 3 is 2.54 bits per heavy atom. The van der Waals surface area contributed by atoms with Gasteiger partial charge in [-0.25, -0.2) is 0 Å². The van der Waals surface area contributed by atoms with Gasteiger partial charge in [-0.05, 0) is 25.2 Å². The Morgan fingerprint density at radius 2 is 1.92 bits per heavy atom. The average molecular weight is 182 g/mol. The van der Waals surface area contributed by atoms with Crippen LogP contribution in [0.2, 0.25) is 0 Å². The molecule has 0 aromatic rings. The summed E-state index contributed by atoms with van der Waals surface area (Å²) in [4.78, 5) is 0. The molecule has 0 bridgehead atoms. The molecule has 0 amide bonds. The van der Waals surface area contributed by atoms with Crippen molar-refractivity contribution in [1.29, 1.82) is 0 Å². The zero-order valence-corrected chi connectivity index (χ0v) is 8.87. The van der Waals surface area contributed by atoms with E-state index in [9.17, 15) is 5.11 Å². The molecule has 0 radical (unpaired) electrons. The molecule has 0 fully saturated rings. The first-order valence-electron chi connectivity index (χ1n) is 5.64. The fraction of sp³-hybridized carbons (Fsp3) is 0.833. The molecule has 0 aromatic carbocycles. The van der Waals surface area contributed by atoms with Gasteiger partial charge in [-0.2, -0.15) is 0 Å². The third-order valence-electron chi connectivity index (χ3n) is 3.03. The van der Waals surface area contributed by atoms with Crippen LogP contribution in [0, 0.1) is 11.8 Å². The largest absolute Gasteiger partial charge is 0.392 e. The van der Waals surface area contributed by atoms with Crippen LogP contribution in [-0.2, 0) is 0 Å². The van der Waals surface area contributed by atoms with Gasteiger partial charge in [0.05, 0.1) is 6.10 Å². The minimum atomic E-state index is -0.0788. The van der Waals surface area contributed by atoms with E-state index in [4.69, 9.17) is 0 Å². The summed E-state index contributed by atoms with van der Waals surface area (Å²) in [5.41, 5.74) is 0. The number of allylic oxidation sites excluding steroid dienone is 1. The standard InChI is InChI=1S/C12H22O/c1-3-6-10-8-5-9-11(7-4-2)12(10)13/h5,8,10-13H,3-4,6-7,9H2,1-2H3. The predicted molar refractivity (Wildman–Crippen MR) is 56.6 cm³/mol. The molecule has 0 spiro atoms. The lowest BCUT2D eigenvalue weighted by Crippen LogP contribution is -2.30. The van der Waals surface area contributed by atoms with E-state index in [0.717, 1.165) is 12.8 Å². The number of aliphatic hydroxyl groups is 1. The molecule has 13 heavy (non-hydrogen) atoms. The molecule has 1 N–H and O–H groups in total. The Morgan fingerprint density at radius 1 is 1.23 bits per heavy atom. The molecule has 3 atom stereocenters. The van der Waals surface area contributed by atoms with Crippen LogP contribution in [0.5, 0.6) is 0 Å². The molecule has 1 rings (SSSR count). The van der Waals surface area contributed by atoms with Crippen LogP contribution in [0.3, 0.4) is 0 Å². The SMILES string of the molecule is CCCC1C=CCC(CCC)C1O. The van der Waals surface area contributed by atoms with Crippen LogP contribution in [0.15, 0.2) is 12.2 Å². The summed E-state index contributed by atoms with van der Waals surface area (Å²) in [7, 11) is 0. The van der Waals surface area contributed by atoms with Gasteiger partial charge >= 0.3 is 0 Å². The highest BCUT2D eigenvalue weighted by atomic mass is 16.3. The van der Waals surface area contributed by atoms with Crippen LogP contribution in [0.4, 0.5) is 0 Å². The topological polar surface area (TPSA) is 20.2 Å². The first kappa shape index (κ1) is 10.8. The summed E-state index contributed by atoms with van der Waals surface area (Å²) < 4.78 is 0. The summed E-state index contributed by atoms with van der Waals surface area (Å²) in [6, 6.07) is 0. The van der Waals surface area contributed by atoms with Crippen LogP contribution in [-0.4, -0.2) is 11.2 Å². The average Bonchev–Trinajstić information content (AvgIpc) is 2.13. The maximum Gasteiger partial charge on any atom is 0.0633 e. The molecule has 1 nitrogen and oxygen atoms in total. The highest BCUT2D eigenvalue weighted by molar-refractivity contribution is 5.00. The van der Waals surface area contributed by atoms with Gasteiger partial charge in [0.15, 0.2) is 0 Å². The van der Waals surface area contributed by atoms with Crippen LogP contribution in [0.1, 0.15) is 46.0 Å². The van der Waals surface area contributed by atoms with Crippen molar-refractivity contribution in [3.05, 3.63) is 12.2 Å². The summed E-state index contributed by atoms with van der Waals surface area (Å²) in [5.74, 6) is 0.946. The first-order valence-corrected chi connectivity index (χ1v) is 5.64. The highest BCUT2D eigenvalue weighted by Crippen LogP contribution is 2.30. The molecule has 1 heteroatoms. The minimum absolute atomic E-state index is 0.0788. The molecule has 0 saturated carbocycles. The first-order chi connectivity index (χ1) is 6.29. The monoisotopic (exact) mass is 182 g/mol. The van der Waals surface area contributed by atoms with Gasteiger partial charge in [-0.1, -0.05) is 38.8 Å². The number of hydrogen-bond donors (Lipinski definition) is 1. The van der Waals surface area contributed by atoms with Gasteiger partial charge < -0.3 is 5.11 Å². The number of rotatable bonds is 4. The lowest BCUT2D eigenvalue weighted by atomic mass is 9.79. The smallest absolute Gasteiger partial charge is 0.0633 e. The van der Waals surface area contributed by atoms with Crippen molar-refractivity contribution in [3.63, 3.8) is 0 Å². The van der Waals surface area contributed by atoms with Crippen molar-refractivity contribution in [3.8, 4) is 0 Å². The highest BCUT2D eigenvalue weighted by Gasteiger charge is 2.26. The van der Waals surface area contributed by atoms with Crippen molar-refractivity contribution in [2.75, 3.05) is 0 Å². The normalized spacial score (nSPS) is 33.6. The fourth-order valence-electron chi connectivity index (χ4n) is 2.29. The zero-order valence-electron chi connectivity index (χ0n) is 8.87. The van der Waals surface area contributed by atoms with Crippen molar-refractivity contribution >= 4 is 0 Å². The Labute approximate surface area is 81.9 Å². The fourth-order valence-corrected chi connectivity index (χ4v) is 2.29. The predicted octanol–water partition coefficient (Wildman–Crippen LogP) is 3.14. The van der Waals surface area contributed by atoms with Crippen molar-refractivity contribution in [2.45, 2.75) is 52.1 Å². The van der Waals surface area contributed by atoms with Crippen molar-refractivity contribution in [1.82, 2.24) is 0 Å². The molecule has 1 aliphatic carbocycles. The summed E-state index contributed by atoms with van der Waals surface area (Å²) >= 11 is 0. The summed E-state index contributed by atoms with van der Waals surface area (Å²) in [6.45, 7) is 4.38. The van der Waals surface area contributed by atoms with Gasteiger partial charge in [0.1, 0.15) is 0 Å². The van der Waals surface area contributed by atoms with Gasteiger partial charge in [-0.3, -0.25) is 0 Å². The number of hydrogen-bond acceptors (Lipinski definition) is 1. The molecular formula is C12H22O. The summed E-state index contributed by atoms with van der Waals surface area (Å²) in [5, 5.41) is 10.0. The van der Waals surface area contributed by atoms with E-state index in [0.29, 0.717) is 11.8 Å². The van der Waals surface area contributed by atoms with Gasteiger partial charge in [-0.15, -0.1) is 0 Å². The lowest BCUT2D eigenvalue weighted by Gasteiger charge is -2.30. The quantitative estimate of drug-likeness (QED) is 0.662. The van der Waals surface area contributed by atoms with Gasteiger partial charge in [0.25, 0.3) is 0 Å². The molecular weight excluding hydrogens is 160 g/mol. The second kappa shape index (κ2) is 5.43. The van der Waals surface area contributed by atoms with E-state index in [1.165, 1.54) is 19.3 Å². The Hall–Kier alpha value is -0.300. The van der Waals surface area contributed by atoms with Crippen LogP contribution < -0.4 is 0 Å². The maximum atomic E-state index is 10.0. The number of aliphatic hydroxyl groups excluding tert-OH is 1. The molecule has 76 valence electrons. The van der Waals surface area contributed by atoms with E-state index in [1.54, 1.807) is 0 Å². The minimum Gasteiger partial charge on any atom is -0.392 e. The third kappa shape index (κ3) is 2.84. The lowest BCUT2D eigenvalue weighted by molar-refractivity contribution is 0.0548. The van der Waals surface area contributed by atoms with E-state index < -0.39 is 0 Å². The van der Waals surface area contributed by atoms with Crippen molar-refractivity contribution < 1.29 is 5.11 Å². The molecule has 0 aromatic heterocycles. The van der Waals surface area contributed by atoms with E-state index in [2.05, 4.69) is 26.0 Å². The third-order valence-corrected chi connectivity index (χ3v) is 3.03. The zero-order chi connectivity index (χ0) is 9.68. The molecule has 1 aliphatic rings. The molecule has 0 aliphatic heterocycles. The second-order valence-corrected chi connectivity index (χ2v) is 4.16. The van der Waals surface area contributed by atoms with Crippen molar-refractivity contribution in [2.24, 2.45) is 11.8 Å². The second-order valence-electron chi connectivity index (χ2n) is 4.16.